The molecule has 8 heteroatoms. The van der Waals surface area contributed by atoms with Crippen molar-refractivity contribution in [1.29, 1.82) is 0 Å². The Kier molecular flexibility index (Phi) is 5.54. The summed E-state index contributed by atoms with van der Waals surface area (Å²) in [6.07, 6.45) is 1.18. The van der Waals surface area contributed by atoms with E-state index in [1.165, 1.54) is 27.2 Å². The van der Waals surface area contributed by atoms with E-state index in [-0.39, 0.29) is 17.4 Å². The van der Waals surface area contributed by atoms with Crippen molar-refractivity contribution >= 4 is 29.2 Å². The van der Waals surface area contributed by atoms with E-state index in [1.54, 1.807) is 32.0 Å². The first-order valence-corrected chi connectivity index (χ1v) is 8.05. The fourth-order valence-corrected chi connectivity index (χ4v) is 2.08. The van der Waals surface area contributed by atoms with E-state index >= 15 is 0 Å². The number of hydrogen-bond donors (Lipinski definition) is 2. The Morgan fingerprint density at radius 2 is 1.77 bits per heavy atom. The second-order valence-electron chi connectivity index (χ2n) is 6.44. The number of ether oxygens (including phenoxy) is 3. The average molecular weight is 362 g/mol. The Bertz CT molecular complexity index is 745. The second kappa shape index (κ2) is 7.47. The van der Waals surface area contributed by atoms with Crippen molar-refractivity contribution < 1.29 is 28.6 Å². The number of hydrogen-bond acceptors (Lipinski definition) is 7. The predicted molar refractivity (Wildman–Crippen MR) is 94.4 cm³/mol. The molecule has 0 spiro atoms. The summed E-state index contributed by atoms with van der Waals surface area (Å²) in [5.74, 6) is -2.76. The molecule has 1 amide bonds. The summed E-state index contributed by atoms with van der Waals surface area (Å²) >= 11 is 0. The molecule has 1 aliphatic heterocycles. The third-order valence-electron chi connectivity index (χ3n) is 3.50. The van der Waals surface area contributed by atoms with Gasteiger partial charge in [-0.3, -0.25) is 4.79 Å². The van der Waals surface area contributed by atoms with E-state index in [1.807, 2.05) is 0 Å². The lowest BCUT2D eigenvalue weighted by Gasteiger charge is -2.29. The molecule has 140 valence electrons. The van der Waals surface area contributed by atoms with Crippen LogP contribution in [0.5, 0.6) is 5.75 Å². The van der Waals surface area contributed by atoms with Crippen LogP contribution in [0, 0.1) is 5.92 Å². The van der Waals surface area contributed by atoms with Crippen molar-refractivity contribution in [2.24, 2.45) is 5.92 Å². The summed E-state index contributed by atoms with van der Waals surface area (Å²) in [5, 5.41) is 5.60. The van der Waals surface area contributed by atoms with Crippen LogP contribution in [-0.2, 0) is 23.9 Å². The van der Waals surface area contributed by atoms with Crippen LogP contribution >= 0.6 is 0 Å². The molecule has 1 fully saturated rings. The monoisotopic (exact) mass is 362 g/mol. The lowest BCUT2D eigenvalue weighted by atomic mass is 10.2. The molecule has 0 bridgehead atoms. The van der Waals surface area contributed by atoms with E-state index in [0.717, 1.165) is 0 Å². The molecule has 0 radical (unpaired) electrons. The van der Waals surface area contributed by atoms with Crippen LogP contribution in [0.2, 0.25) is 0 Å². The van der Waals surface area contributed by atoms with Crippen LogP contribution < -0.4 is 15.4 Å². The molecule has 1 aromatic rings. The Morgan fingerprint density at radius 1 is 1.15 bits per heavy atom. The standard InChI is InChI=1S/C18H22N2O6/c1-10(2)15(21)20-13-7-6-11(24-5)8-14(13)19-9-12-16(22)25-18(3,4)26-17(12)23/h6-10,19H,1-5H3,(H,20,21). The molecule has 0 aromatic heterocycles. The molecule has 0 saturated carbocycles. The maximum Gasteiger partial charge on any atom is 0.350 e. The fraction of sp³-hybridized carbons (Fsp3) is 0.389. The van der Waals surface area contributed by atoms with Gasteiger partial charge in [-0.25, -0.2) is 9.59 Å². The van der Waals surface area contributed by atoms with Gasteiger partial charge in [0.2, 0.25) is 5.91 Å². The lowest BCUT2D eigenvalue weighted by Crippen LogP contribution is -2.42. The molecule has 0 atom stereocenters. The zero-order valence-corrected chi connectivity index (χ0v) is 15.3. The van der Waals surface area contributed by atoms with E-state index in [4.69, 9.17) is 14.2 Å². The highest BCUT2D eigenvalue weighted by Crippen LogP contribution is 2.29. The van der Waals surface area contributed by atoms with Gasteiger partial charge in [-0.05, 0) is 12.1 Å². The van der Waals surface area contributed by atoms with E-state index in [2.05, 4.69) is 10.6 Å². The van der Waals surface area contributed by atoms with E-state index in [9.17, 15) is 14.4 Å². The van der Waals surface area contributed by atoms with Gasteiger partial charge in [0.15, 0.2) is 5.57 Å². The van der Waals surface area contributed by atoms with Crippen molar-refractivity contribution in [3.8, 4) is 5.75 Å². The number of methoxy groups -OCH3 is 1. The van der Waals surface area contributed by atoms with Gasteiger partial charge in [0.1, 0.15) is 5.75 Å². The van der Waals surface area contributed by atoms with Gasteiger partial charge in [-0.15, -0.1) is 0 Å². The quantitative estimate of drug-likeness (QED) is 0.471. The first-order valence-electron chi connectivity index (χ1n) is 8.05. The first kappa shape index (κ1) is 19.3. The zero-order chi connectivity index (χ0) is 19.5. The van der Waals surface area contributed by atoms with Gasteiger partial charge in [0.05, 0.1) is 18.5 Å². The van der Waals surface area contributed by atoms with E-state index < -0.39 is 17.7 Å². The number of carbonyl (C=O) groups is 3. The highest BCUT2D eigenvalue weighted by molar-refractivity contribution is 6.15. The van der Waals surface area contributed by atoms with Crippen LogP contribution in [0.4, 0.5) is 11.4 Å². The van der Waals surface area contributed by atoms with Crippen molar-refractivity contribution in [2.75, 3.05) is 17.7 Å². The number of carbonyl (C=O) groups excluding carboxylic acids is 3. The highest BCUT2D eigenvalue weighted by atomic mass is 16.7. The van der Waals surface area contributed by atoms with Gasteiger partial charge in [0, 0.05) is 32.0 Å². The molecule has 1 saturated heterocycles. The normalized spacial score (nSPS) is 15.8. The molecule has 1 aromatic carbocycles. The number of benzene rings is 1. The number of cyclic esters (lactones) is 2. The number of anilines is 2. The maximum atomic E-state index is 12.0. The smallest absolute Gasteiger partial charge is 0.350 e. The molecule has 1 heterocycles. The summed E-state index contributed by atoms with van der Waals surface area (Å²) in [6, 6.07) is 4.96. The highest BCUT2D eigenvalue weighted by Gasteiger charge is 2.39. The minimum atomic E-state index is -1.31. The summed E-state index contributed by atoms with van der Waals surface area (Å²) in [7, 11) is 1.50. The van der Waals surface area contributed by atoms with Gasteiger partial charge in [-0.1, -0.05) is 13.8 Å². The Balaban J connectivity index is 2.28. The largest absolute Gasteiger partial charge is 0.497 e. The number of amides is 1. The number of esters is 2. The molecule has 26 heavy (non-hydrogen) atoms. The summed E-state index contributed by atoms with van der Waals surface area (Å²) in [5.41, 5.74) is 0.629. The first-order chi connectivity index (χ1) is 12.1. The molecule has 8 nitrogen and oxygen atoms in total. The van der Waals surface area contributed by atoms with Crippen LogP contribution in [0.1, 0.15) is 27.7 Å². The molecule has 2 N–H and O–H groups in total. The fourth-order valence-electron chi connectivity index (χ4n) is 2.08. The van der Waals surface area contributed by atoms with Crippen LogP contribution in [0.15, 0.2) is 30.0 Å². The molecule has 0 unspecified atom stereocenters. The zero-order valence-electron chi connectivity index (χ0n) is 15.3. The molecular formula is C18H22N2O6. The lowest BCUT2D eigenvalue weighted by molar-refractivity contribution is -0.222. The van der Waals surface area contributed by atoms with Crippen molar-refractivity contribution in [1.82, 2.24) is 0 Å². The van der Waals surface area contributed by atoms with Crippen molar-refractivity contribution in [2.45, 2.75) is 33.5 Å². The topological polar surface area (TPSA) is 103 Å². The van der Waals surface area contributed by atoms with Crippen molar-refractivity contribution in [3.05, 3.63) is 30.0 Å². The number of nitrogens with one attached hydrogen (secondary N) is 2. The van der Waals surface area contributed by atoms with Gasteiger partial charge in [0.25, 0.3) is 5.79 Å². The van der Waals surface area contributed by atoms with Gasteiger partial charge >= 0.3 is 11.9 Å². The molecule has 1 aliphatic rings. The van der Waals surface area contributed by atoms with Gasteiger partial charge in [-0.2, -0.15) is 0 Å². The van der Waals surface area contributed by atoms with Crippen molar-refractivity contribution in [3.63, 3.8) is 0 Å². The number of rotatable bonds is 5. The summed E-state index contributed by atoms with van der Waals surface area (Å²) in [4.78, 5) is 35.9. The maximum absolute atomic E-state index is 12.0. The van der Waals surface area contributed by atoms with Gasteiger partial charge < -0.3 is 24.8 Å². The van der Waals surface area contributed by atoms with Crippen LogP contribution in [-0.4, -0.2) is 30.7 Å². The predicted octanol–water partition coefficient (Wildman–Crippen LogP) is 2.42. The molecular weight excluding hydrogens is 340 g/mol. The third kappa shape index (κ3) is 4.53. The Hall–Kier alpha value is -3.03. The Labute approximate surface area is 151 Å². The summed E-state index contributed by atoms with van der Waals surface area (Å²) in [6.45, 7) is 6.47. The summed E-state index contributed by atoms with van der Waals surface area (Å²) < 4.78 is 15.2. The van der Waals surface area contributed by atoms with Crippen LogP contribution in [0.25, 0.3) is 0 Å². The molecule has 2 rings (SSSR count). The molecule has 0 aliphatic carbocycles. The van der Waals surface area contributed by atoms with E-state index in [0.29, 0.717) is 17.1 Å². The minimum Gasteiger partial charge on any atom is -0.497 e. The van der Waals surface area contributed by atoms with Crippen LogP contribution in [0.3, 0.4) is 0 Å². The minimum absolute atomic E-state index is 0.177. The SMILES string of the molecule is COc1ccc(NC(=O)C(C)C)c(NC=C2C(=O)OC(C)(C)OC2=O)c1. The Morgan fingerprint density at radius 3 is 2.31 bits per heavy atom. The average Bonchev–Trinajstić information content (AvgIpc) is 2.53. The third-order valence-corrected chi connectivity index (χ3v) is 3.50. The second-order valence-corrected chi connectivity index (χ2v) is 6.44.